The molecule has 0 bridgehead atoms. The van der Waals surface area contributed by atoms with E-state index in [0.717, 1.165) is 35.8 Å². The zero-order valence-corrected chi connectivity index (χ0v) is 9.93. The Morgan fingerprint density at radius 3 is 2.76 bits per heavy atom. The number of fused-ring (bicyclic) bond motifs is 3. The molecule has 1 aromatic carbocycles. The fraction of sp³-hybridized carbons (Fsp3) is 0.462. The number of nitrogens with zero attached hydrogens (tertiary/aromatic N) is 2. The van der Waals surface area contributed by atoms with Crippen molar-refractivity contribution in [3.8, 4) is 0 Å². The zero-order valence-electron chi connectivity index (χ0n) is 9.93. The summed E-state index contributed by atoms with van der Waals surface area (Å²) in [5.74, 6) is 0.922. The molecule has 2 N–H and O–H groups in total. The molecule has 0 unspecified atom stereocenters. The first-order chi connectivity index (χ1) is 8.18. The number of hydroxylamine groups is 1. The molecule has 4 heteroatoms. The van der Waals surface area contributed by atoms with Gasteiger partial charge in [-0.25, -0.2) is 5.06 Å². The van der Waals surface area contributed by atoms with Gasteiger partial charge < -0.3 is 4.90 Å². The minimum atomic E-state index is 0.0265. The Bertz CT molecular complexity index is 460. The van der Waals surface area contributed by atoms with Gasteiger partial charge in [0.2, 0.25) is 0 Å². The first-order valence-electron chi connectivity index (χ1n) is 6.11. The van der Waals surface area contributed by atoms with Crippen LogP contribution in [0.3, 0.4) is 0 Å². The molecule has 0 saturated carbocycles. The van der Waals surface area contributed by atoms with Crippen LogP contribution in [0.25, 0.3) is 0 Å². The largest absolute Gasteiger partial charge is 0.359 e. The maximum absolute atomic E-state index is 10.0. The summed E-state index contributed by atoms with van der Waals surface area (Å²) >= 11 is 0. The van der Waals surface area contributed by atoms with Crippen LogP contribution in [0.5, 0.6) is 0 Å². The molecule has 1 fully saturated rings. The van der Waals surface area contributed by atoms with Gasteiger partial charge in [-0.15, -0.1) is 0 Å². The second-order valence-corrected chi connectivity index (χ2v) is 5.02. The normalized spacial score (nSPS) is 27.8. The average molecular weight is 231 g/mol. The van der Waals surface area contributed by atoms with Crippen LogP contribution in [0.2, 0.25) is 0 Å². The van der Waals surface area contributed by atoms with Crippen molar-refractivity contribution in [3.05, 3.63) is 24.3 Å². The highest BCUT2D eigenvalue weighted by Crippen LogP contribution is 2.39. The Balaban J connectivity index is 2.07. The molecule has 90 valence electrons. The molecule has 17 heavy (non-hydrogen) atoms. The highest BCUT2D eigenvalue weighted by Gasteiger charge is 2.38. The molecule has 0 radical (unpaired) electrons. The summed E-state index contributed by atoms with van der Waals surface area (Å²) in [5, 5.41) is 19.1. The molecule has 4 nitrogen and oxygen atoms in total. The van der Waals surface area contributed by atoms with E-state index in [0.29, 0.717) is 11.8 Å². The van der Waals surface area contributed by atoms with E-state index in [4.69, 9.17) is 5.41 Å². The number of benzene rings is 1. The van der Waals surface area contributed by atoms with Gasteiger partial charge >= 0.3 is 0 Å². The molecule has 1 aromatic rings. The van der Waals surface area contributed by atoms with Crippen LogP contribution in [0.1, 0.15) is 19.8 Å². The average Bonchev–Trinajstić information content (AvgIpc) is 2.36. The second-order valence-electron chi connectivity index (χ2n) is 5.02. The van der Waals surface area contributed by atoms with Crippen LogP contribution >= 0.6 is 0 Å². The summed E-state index contributed by atoms with van der Waals surface area (Å²) < 4.78 is 0. The molecule has 0 aromatic heterocycles. The van der Waals surface area contributed by atoms with Gasteiger partial charge in [0.1, 0.15) is 5.84 Å². The maximum Gasteiger partial charge on any atom is 0.149 e. The monoisotopic (exact) mass is 231 g/mol. The lowest BCUT2D eigenvalue weighted by Crippen LogP contribution is -2.55. The van der Waals surface area contributed by atoms with Crippen molar-refractivity contribution in [1.29, 1.82) is 5.41 Å². The van der Waals surface area contributed by atoms with Crippen LogP contribution in [0, 0.1) is 11.3 Å². The smallest absolute Gasteiger partial charge is 0.149 e. The summed E-state index contributed by atoms with van der Waals surface area (Å²) in [4.78, 5) is 2.25. The van der Waals surface area contributed by atoms with E-state index in [1.54, 1.807) is 0 Å². The first kappa shape index (κ1) is 10.6. The summed E-state index contributed by atoms with van der Waals surface area (Å²) in [7, 11) is 0. The number of nitrogens with one attached hydrogen (secondary N) is 1. The minimum absolute atomic E-state index is 0.0265. The van der Waals surface area contributed by atoms with E-state index >= 15 is 0 Å². The molecule has 2 aliphatic heterocycles. The van der Waals surface area contributed by atoms with E-state index in [9.17, 15) is 5.21 Å². The number of rotatable bonds is 0. The third-order valence-electron chi connectivity index (χ3n) is 3.83. The van der Waals surface area contributed by atoms with Crippen molar-refractivity contribution in [1.82, 2.24) is 0 Å². The molecule has 0 amide bonds. The van der Waals surface area contributed by atoms with Gasteiger partial charge in [0, 0.05) is 6.54 Å². The first-order valence-corrected chi connectivity index (χ1v) is 6.11. The Morgan fingerprint density at radius 2 is 2.00 bits per heavy atom. The highest BCUT2D eigenvalue weighted by molar-refractivity contribution is 6.05. The highest BCUT2D eigenvalue weighted by atomic mass is 16.5. The Hall–Kier alpha value is -1.55. The fourth-order valence-electron chi connectivity index (χ4n) is 2.85. The molecule has 0 spiro atoms. The van der Waals surface area contributed by atoms with Gasteiger partial charge in [0.05, 0.1) is 17.4 Å². The van der Waals surface area contributed by atoms with Gasteiger partial charge in [-0.2, -0.15) is 0 Å². The minimum Gasteiger partial charge on any atom is -0.359 e. The van der Waals surface area contributed by atoms with Crippen LogP contribution in [-0.2, 0) is 0 Å². The van der Waals surface area contributed by atoms with E-state index in [1.165, 1.54) is 0 Å². The number of para-hydroxylation sites is 2. The summed E-state index contributed by atoms with van der Waals surface area (Å²) in [6.07, 6.45) is 2.10. The van der Waals surface area contributed by atoms with Gasteiger partial charge in [-0.05, 0) is 30.9 Å². The van der Waals surface area contributed by atoms with E-state index in [2.05, 4.69) is 11.8 Å². The predicted molar refractivity (Wildman–Crippen MR) is 68.0 cm³/mol. The second kappa shape index (κ2) is 3.74. The lowest BCUT2D eigenvalue weighted by atomic mass is 9.89. The van der Waals surface area contributed by atoms with Crippen molar-refractivity contribution in [3.63, 3.8) is 0 Å². The molecule has 2 heterocycles. The molecular weight excluding hydrogens is 214 g/mol. The van der Waals surface area contributed by atoms with Gasteiger partial charge in [0.15, 0.2) is 0 Å². The zero-order chi connectivity index (χ0) is 12.0. The Morgan fingerprint density at radius 1 is 1.29 bits per heavy atom. The van der Waals surface area contributed by atoms with E-state index in [1.807, 2.05) is 24.3 Å². The Labute approximate surface area is 101 Å². The summed E-state index contributed by atoms with van der Waals surface area (Å²) in [5.41, 5.74) is 1.77. The number of anilines is 2. The molecule has 3 rings (SSSR count). The predicted octanol–water partition coefficient (Wildman–Crippen LogP) is 2.48. The van der Waals surface area contributed by atoms with Crippen molar-refractivity contribution in [2.75, 3.05) is 16.5 Å². The van der Waals surface area contributed by atoms with Crippen molar-refractivity contribution in [2.45, 2.75) is 25.8 Å². The van der Waals surface area contributed by atoms with Gasteiger partial charge in [-0.3, -0.25) is 10.6 Å². The van der Waals surface area contributed by atoms with Crippen molar-refractivity contribution >= 4 is 17.2 Å². The third kappa shape index (κ3) is 1.52. The van der Waals surface area contributed by atoms with Gasteiger partial charge in [0.25, 0.3) is 0 Å². The fourth-order valence-corrected chi connectivity index (χ4v) is 2.85. The van der Waals surface area contributed by atoms with E-state index < -0.39 is 0 Å². The standard InChI is InChI=1S/C13H17N3O/c1-9-6-7-15-10-4-2-3-5-11(10)16(17)13(14)12(15)8-9/h2-5,9,12,14,17H,6-8H2,1H3/t9-,12-/m0/s1. The lowest BCUT2D eigenvalue weighted by molar-refractivity contribution is 0.293. The van der Waals surface area contributed by atoms with Crippen molar-refractivity contribution in [2.24, 2.45) is 5.92 Å². The number of piperidine rings is 1. The molecule has 1 saturated heterocycles. The third-order valence-corrected chi connectivity index (χ3v) is 3.83. The van der Waals surface area contributed by atoms with Crippen LogP contribution in [0.4, 0.5) is 11.4 Å². The van der Waals surface area contributed by atoms with Crippen LogP contribution < -0.4 is 9.96 Å². The van der Waals surface area contributed by atoms with Crippen LogP contribution in [0.15, 0.2) is 24.3 Å². The molecular formula is C13H17N3O. The summed E-state index contributed by atoms with van der Waals surface area (Å²) in [6, 6.07) is 7.78. The molecule has 2 aliphatic rings. The van der Waals surface area contributed by atoms with Crippen LogP contribution in [-0.4, -0.2) is 23.6 Å². The summed E-state index contributed by atoms with van der Waals surface area (Å²) in [6.45, 7) is 3.19. The number of hydrogen-bond acceptors (Lipinski definition) is 3. The lowest BCUT2D eigenvalue weighted by Gasteiger charge is -2.46. The molecule has 0 aliphatic carbocycles. The molecule has 2 atom stereocenters. The van der Waals surface area contributed by atoms with Gasteiger partial charge in [-0.1, -0.05) is 19.1 Å². The van der Waals surface area contributed by atoms with E-state index in [-0.39, 0.29) is 6.04 Å². The van der Waals surface area contributed by atoms with Crippen molar-refractivity contribution < 1.29 is 5.21 Å². The quantitative estimate of drug-likeness (QED) is 0.721. The SMILES string of the molecule is C[C@H]1CCN2c3ccccc3N(O)C(=N)[C@@H]2C1. The number of hydrogen-bond donors (Lipinski definition) is 2. The maximum atomic E-state index is 10.0. The Kier molecular flexibility index (Phi) is 2.33. The number of amidine groups is 1. The topological polar surface area (TPSA) is 50.6 Å².